The molecule has 0 fully saturated rings. The molecule has 0 aromatic heterocycles. The largest absolute Gasteiger partial charge is 0.496 e. The smallest absolute Gasteiger partial charge is 0.296 e. The molecular weight excluding hydrogens is 438 g/mol. The Morgan fingerprint density at radius 1 is 1.19 bits per heavy atom. The van der Waals surface area contributed by atoms with Gasteiger partial charge in [-0.2, -0.15) is 0 Å². The molecule has 1 aliphatic heterocycles. The number of carbonyl (C=O) groups is 2. The first-order valence-electron chi connectivity index (χ1n) is 9.59. The van der Waals surface area contributed by atoms with Crippen LogP contribution in [0.5, 0.6) is 17.2 Å². The summed E-state index contributed by atoms with van der Waals surface area (Å²) in [5, 5.41) is 13.5. The van der Waals surface area contributed by atoms with Crippen LogP contribution in [0.15, 0.2) is 41.4 Å². The third kappa shape index (κ3) is 5.17. The number of hydrogen-bond acceptors (Lipinski definition) is 8. The zero-order chi connectivity index (χ0) is 23.3. The Morgan fingerprint density at radius 2 is 1.97 bits per heavy atom. The van der Waals surface area contributed by atoms with Gasteiger partial charge in [0.05, 0.1) is 31.8 Å². The van der Waals surface area contributed by atoms with E-state index in [2.05, 4.69) is 10.3 Å². The van der Waals surface area contributed by atoms with E-state index in [9.17, 15) is 19.7 Å². The van der Waals surface area contributed by atoms with Crippen molar-refractivity contribution in [2.24, 2.45) is 4.99 Å². The van der Waals surface area contributed by atoms with E-state index in [0.717, 1.165) is 11.8 Å². The molecule has 0 saturated carbocycles. The highest BCUT2D eigenvalue weighted by atomic mass is 32.2. The van der Waals surface area contributed by atoms with Crippen LogP contribution in [0.25, 0.3) is 0 Å². The molecule has 3 rings (SSSR count). The molecule has 1 aliphatic rings. The lowest BCUT2D eigenvalue weighted by Crippen LogP contribution is -2.21. The molecule has 11 heteroatoms. The number of nitrogens with one attached hydrogen (secondary N) is 1. The van der Waals surface area contributed by atoms with Gasteiger partial charge in [0.1, 0.15) is 21.7 Å². The second kappa shape index (κ2) is 10.1. The predicted molar refractivity (Wildman–Crippen MR) is 120 cm³/mol. The Hall–Kier alpha value is -3.60. The van der Waals surface area contributed by atoms with E-state index in [4.69, 9.17) is 14.2 Å². The van der Waals surface area contributed by atoms with Crippen molar-refractivity contribution in [1.29, 1.82) is 0 Å². The molecule has 0 radical (unpaired) electrons. The molecule has 2 aromatic rings. The fourth-order valence-electron chi connectivity index (χ4n) is 2.99. The fourth-order valence-corrected chi connectivity index (χ4v) is 4.05. The van der Waals surface area contributed by atoms with Gasteiger partial charge in [0.15, 0.2) is 11.5 Å². The molecular formula is C21H21N3O7S. The minimum absolute atomic E-state index is 0.0219. The van der Waals surface area contributed by atoms with E-state index >= 15 is 0 Å². The van der Waals surface area contributed by atoms with E-state index in [1.807, 2.05) is 6.92 Å². The van der Waals surface area contributed by atoms with Crippen LogP contribution in [-0.4, -0.2) is 47.9 Å². The van der Waals surface area contributed by atoms with Gasteiger partial charge in [0, 0.05) is 12.0 Å². The fraction of sp³-hybridized carbons (Fsp3) is 0.286. The first kappa shape index (κ1) is 23.1. The molecule has 168 valence electrons. The summed E-state index contributed by atoms with van der Waals surface area (Å²) in [6.07, 6.45) is -0.187. The topological polar surface area (TPSA) is 129 Å². The number of rotatable bonds is 9. The molecule has 2 aromatic carbocycles. The third-order valence-corrected chi connectivity index (χ3v) is 5.70. The summed E-state index contributed by atoms with van der Waals surface area (Å²) >= 11 is 1.16. The second-order valence-electron chi connectivity index (χ2n) is 6.55. The van der Waals surface area contributed by atoms with Gasteiger partial charge in [-0.15, -0.1) is 0 Å². The van der Waals surface area contributed by atoms with Crippen molar-refractivity contribution >= 4 is 40.0 Å². The van der Waals surface area contributed by atoms with Crippen molar-refractivity contribution in [3.63, 3.8) is 0 Å². The van der Waals surface area contributed by atoms with Gasteiger partial charge in [-0.05, 0) is 37.3 Å². The number of nitro groups is 1. The Kier molecular flexibility index (Phi) is 7.31. The number of ether oxygens (including phenoxy) is 3. The Bertz CT molecular complexity index is 1090. The number of amides is 2. The maximum atomic E-state index is 12.5. The van der Waals surface area contributed by atoms with E-state index in [0.29, 0.717) is 34.5 Å². The second-order valence-corrected chi connectivity index (χ2v) is 7.74. The molecule has 0 aliphatic carbocycles. The molecule has 10 nitrogen and oxygen atoms in total. The Labute approximate surface area is 188 Å². The van der Waals surface area contributed by atoms with Crippen LogP contribution in [0.1, 0.15) is 18.9 Å². The van der Waals surface area contributed by atoms with E-state index in [1.165, 1.54) is 32.4 Å². The minimum Gasteiger partial charge on any atom is -0.496 e. The summed E-state index contributed by atoms with van der Waals surface area (Å²) < 4.78 is 15.8. The summed E-state index contributed by atoms with van der Waals surface area (Å²) in [6.45, 7) is 2.34. The van der Waals surface area contributed by atoms with Gasteiger partial charge >= 0.3 is 0 Å². The van der Waals surface area contributed by atoms with Crippen LogP contribution in [0.2, 0.25) is 0 Å². The molecule has 1 atom stereocenters. The lowest BCUT2D eigenvalue weighted by Gasteiger charge is -2.11. The zero-order valence-electron chi connectivity index (χ0n) is 17.6. The third-order valence-electron chi connectivity index (χ3n) is 4.50. The molecule has 2 amide bonds. The Balaban J connectivity index is 1.69. The molecule has 0 bridgehead atoms. The van der Waals surface area contributed by atoms with Crippen LogP contribution >= 0.6 is 11.8 Å². The number of methoxy groups -OCH3 is 2. The van der Waals surface area contributed by atoms with Crippen molar-refractivity contribution in [3.05, 3.63) is 52.1 Å². The highest BCUT2D eigenvalue weighted by Gasteiger charge is 2.32. The number of hydrogen-bond donors (Lipinski definition) is 1. The maximum absolute atomic E-state index is 12.5. The lowest BCUT2D eigenvalue weighted by atomic mass is 10.2. The summed E-state index contributed by atoms with van der Waals surface area (Å²) in [4.78, 5) is 39.6. The van der Waals surface area contributed by atoms with Crippen molar-refractivity contribution in [2.75, 3.05) is 26.1 Å². The number of benzene rings is 2. The van der Waals surface area contributed by atoms with Crippen LogP contribution < -0.4 is 19.5 Å². The minimum atomic E-state index is -0.736. The molecule has 1 N–H and O–H groups in total. The number of thioether (sulfide) groups is 1. The van der Waals surface area contributed by atoms with Gasteiger partial charge in [-0.25, -0.2) is 4.99 Å². The average Bonchev–Trinajstić information content (AvgIpc) is 3.14. The normalized spacial score (nSPS) is 15.2. The molecule has 0 saturated heterocycles. The van der Waals surface area contributed by atoms with E-state index < -0.39 is 22.0 Å². The van der Waals surface area contributed by atoms with Crippen molar-refractivity contribution in [2.45, 2.75) is 18.6 Å². The van der Waals surface area contributed by atoms with E-state index in [1.54, 1.807) is 18.2 Å². The summed E-state index contributed by atoms with van der Waals surface area (Å²) in [7, 11) is 2.90. The van der Waals surface area contributed by atoms with Gasteiger partial charge < -0.3 is 19.5 Å². The highest BCUT2D eigenvalue weighted by molar-refractivity contribution is 8.16. The summed E-state index contributed by atoms with van der Waals surface area (Å²) in [5.74, 6) is 0.390. The maximum Gasteiger partial charge on any atom is 0.296 e. The monoisotopic (exact) mass is 459 g/mol. The summed E-state index contributed by atoms with van der Waals surface area (Å²) in [5.41, 5.74) is 0.382. The molecule has 1 unspecified atom stereocenters. The van der Waals surface area contributed by atoms with Gasteiger partial charge in [-0.3, -0.25) is 19.7 Å². The molecule has 32 heavy (non-hydrogen) atoms. The average molecular weight is 459 g/mol. The number of anilines is 1. The SMILES string of the molecule is CCOc1ccc(C2=NC(=O)C(CC(=O)Nc3ccc(OC)cc3[N+](=O)[O-])S2)cc1OC. The van der Waals surface area contributed by atoms with E-state index in [-0.39, 0.29) is 17.8 Å². The number of nitro benzene ring substituents is 1. The van der Waals surface area contributed by atoms with Crippen LogP contribution in [0.3, 0.4) is 0 Å². The highest BCUT2D eigenvalue weighted by Crippen LogP contribution is 2.35. The van der Waals surface area contributed by atoms with Crippen molar-refractivity contribution < 1.29 is 28.7 Å². The van der Waals surface area contributed by atoms with Crippen LogP contribution in [0, 0.1) is 10.1 Å². The number of nitrogens with zero attached hydrogens (tertiary/aromatic N) is 2. The lowest BCUT2D eigenvalue weighted by molar-refractivity contribution is -0.384. The number of aliphatic imine (C=N–C) groups is 1. The van der Waals surface area contributed by atoms with Crippen LogP contribution in [0.4, 0.5) is 11.4 Å². The van der Waals surface area contributed by atoms with Crippen molar-refractivity contribution in [3.8, 4) is 17.2 Å². The summed E-state index contributed by atoms with van der Waals surface area (Å²) in [6, 6.07) is 9.30. The quantitative estimate of drug-likeness (QED) is 0.446. The number of carbonyl (C=O) groups excluding carboxylic acids is 2. The first-order chi connectivity index (χ1) is 15.4. The van der Waals surface area contributed by atoms with Gasteiger partial charge in [-0.1, -0.05) is 11.8 Å². The Morgan fingerprint density at radius 3 is 2.62 bits per heavy atom. The van der Waals surface area contributed by atoms with Crippen molar-refractivity contribution in [1.82, 2.24) is 0 Å². The molecule has 0 spiro atoms. The first-order valence-corrected chi connectivity index (χ1v) is 10.5. The predicted octanol–water partition coefficient (Wildman–Crippen LogP) is 3.43. The molecule has 1 heterocycles. The van der Waals surface area contributed by atoms with Gasteiger partial charge in [0.2, 0.25) is 5.91 Å². The van der Waals surface area contributed by atoms with Crippen LogP contribution in [-0.2, 0) is 9.59 Å². The standard InChI is InChI=1S/C21H21N3O7S/c1-4-31-16-8-5-12(9-17(16)30-3)21-23-20(26)18(32-21)11-19(25)22-14-7-6-13(29-2)10-15(14)24(27)28/h5-10,18H,4,11H2,1-3H3,(H,22,25). The van der Waals surface area contributed by atoms with Gasteiger partial charge in [0.25, 0.3) is 11.6 Å². The zero-order valence-corrected chi connectivity index (χ0v) is 18.4.